The van der Waals surface area contributed by atoms with Gasteiger partial charge < -0.3 is 9.47 Å². The summed E-state index contributed by atoms with van der Waals surface area (Å²) in [7, 11) is 0. The van der Waals surface area contributed by atoms with E-state index in [9.17, 15) is 9.18 Å². The fourth-order valence-corrected chi connectivity index (χ4v) is 2.53. The molecular formula is C16H18FN3O3S. The fourth-order valence-electron chi connectivity index (χ4n) is 1.87. The third kappa shape index (κ3) is 5.62. The largest absolute Gasteiger partial charge is 0.494 e. The molecule has 0 aliphatic heterocycles. The van der Waals surface area contributed by atoms with Gasteiger partial charge >= 0.3 is 5.97 Å². The van der Waals surface area contributed by atoms with Crippen LogP contribution >= 0.6 is 11.3 Å². The summed E-state index contributed by atoms with van der Waals surface area (Å²) in [5.74, 6) is -0.264. The van der Waals surface area contributed by atoms with Crippen molar-refractivity contribution in [2.45, 2.75) is 20.3 Å². The van der Waals surface area contributed by atoms with E-state index in [1.807, 2.05) is 6.92 Å². The normalized spacial score (nSPS) is 10.8. The zero-order valence-corrected chi connectivity index (χ0v) is 14.2. The van der Waals surface area contributed by atoms with Gasteiger partial charge in [0, 0.05) is 17.0 Å². The monoisotopic (exact) mass is 351 g/mol. The van der Waals surface area contributed by atoms with Crippen LogP contribution in [-0.2, 0) is 16.0 Å². The molecule has 0 unspecified atom stereocenters. The minimum Gasteiger partial charge on any atom is -0.494 e. The molecule has 1 aromatic heterocycles. The van der Waals surface area contributed by atoms with Crippen molar-refractivity contribution in [2.75, 3.05) is 18.6 Å². The van der Waals surface area contributed by atoms with Gasteiger partial charge in [-0.15, -0.1) is 11.3 Å². The molecule has 0 saturated carbocycles. The van der Waals surface area contributed by atoms with Gasteiger partial charge in [0.1, 0.15) is 11.6 Å². The van der Waals surface area contributed by atoms with Gasteiger partial charge in [0.05, 0.1) is 31.5 Å². The van der Waals surface area contributed by atoms with Crippen LogP contribution in [0, 0.1) is 5.82 Å². The summed E-state index contributed by atoms with van der Waals surface area (Å²) in [6.07, 6.45) is 1.59. The Morgan fingerprint density at radius 1 is 1.38 bits per heavy atom. The zero-order valence-electron chi connectivity index (χ0n) is 13.4. The van der Waals surface area contributed by atoms with Crippen LogP contribution in [0.3, 0.4) is 0 Å². The van der Waals surface area contributed by atoms with Gasteiger partial charge in [-0.3, -0.25) is 10.2 Å². The molecule has 0 saturated heterocycles. The molecule has 0 aliphatic rings. The molecule has 0 aliphatic carbocycles. The van der Waals surface area contributed by atoms with Gasteiger partial charge in [-0.2, -0.15) is 5.10 Å². The van der Waals surface area contributed by atoms with Crippen LogP contribution in [0.4, 0.5) is 9.52 Å². The molecule has 0 radical (unpaired) electrons. The van der Waals surface area contributed by atoms with Gasteiger partial charge in [-0.05, 0) is 26.0 Å². The van der Waals surface area contributed by atoms with Crippen LogP contribution in [0.25, 0.3) is 0 Å². The van der Waals surface area contributed by atoms with Crippen molar-refractivity contribution in [3.63, 3.8) is 0 Å². The average molecular weight is 351 g/mol. The number of hydrazone groups is 1. The highest BCUT2D eigenvalue weighted by Gasteiger charge is 2.08. The summed E-state index contributed by atoms with van der Waals surface area (Å²) in [6.45, 7) is 4.39. The Morgan fingerprint density at radius 3 is 2.96 bits per heavy atom. The van der Waals surface area contributed by atoms with E-state index in [1.54, 1.807) is 18.4 Å². The number of esters is 1. The number of hydrogen-bond acceptors (Lipinski definition) is 7. The van der Waals surface area contributed by atoms with Crippen LogP contribution in [0.1, 0.15) is 25.1 Å². The quantitative estimate of drug-likeness (QED) is 0.449. The number of anilines is 1. The van der Waals surface area contributed by atoms with Gasteiger partial charge in [0.2, 0.25) is 5.13 Å². The fraction of sp³-hybridized carbons (Fsp3) is 0.312. The number of carbonyl (C=O) groups excluding carboxylic acids is 1. The lowest BCUT2D eigenvalue weighted by molar-refractivity contribution is -0.142. The molecule has 1 N–H and O–H groups in total. The molecular weight excluding hydrogens is 333 g/mol. The van der Waals surface area contributed by atoms with Crippen LogP contribution in [-0.4, -0.2) is 30.4 Å². The first-order chi connectivity index (χ1) is 11.6. The number of ether oxygens (including phenoxy) is 2. The van der Waals surface area contributed by atoms with Gasteiger partial charge in [0.25, 0.3) is 0 Å². The van der Waals surface area contributed by atoms with Crippen molar-refractivity contribution in [3.8, 4) is 5.75 Å². The topological polar surface area (TPSA) is 72.8 Å². The minimum absolute atomic E-state index is 0.122. The lowest BCUT2D eigenvalue weighted by Crippen LogP contribution is -2.07. The second-order valence-corrected chi connectivity index (χ2v) is 5.51. The summed E-state index contributed by atoms with van der Waals surface area (Å²) in [5, 5.41) is 6.31. The maximum absolute atomic E-state index is 13.5. The molecule has 1 heterocycles. The summed E-state index contributed by atoms with van der Waals surface area (Å²) < 4.78 is 23.6. The molecule has 0 atom stereocenters. The number of rotatable bonds is 8. The van der Waals surface area contributed by atoms with Crippen molar-refractivity contribution in [2.24, 2.45) is 5.10 Å². The smallest absolute Gasteiger partial charge is 0.311 e. The number of halogens is 1. The Balaban J connectivity index is 1.94. The van der Waals surface area contributed by atoms with Crippen LogP contribution in [0.15, 0.2) is 28.7 Å². The molecule has 1 aromatic carbocycles. The zero-order chi connectivity index (χ0) is 17.4. The molecule has 0 amide bonds. The van der Waals surface area contributed by atoms with E-state index in [-0.39, 0.29) is 12.4 Å². The highest BCUT2D eigenvalue weighted by Crippen LogP contribution is 2.17. The summed E-state index contributed by atoms with van der Waals surface area (Å²) >= 11 is 1.32. The molecule has 8 heteroatoms. The third-order valence-electron chi connectivity index (χ3n) is 2.76. The summed E-state index contributed by atoms with van der Waals surface area (Å²) in [6, 6.07) is 4.35. The number of nitrogens with zero attached hydrogens (tertiary/aromatic N) is 2. The van der Waals surface area contributed by atoms with Crippen LogP contribution in [0.2, 0.25) is 0 Å². The molecule has 2 aromatic rings. The van der Waals surface area contributed by atoms with E-state index in [1.165, 1.54) is 29.7 Å². The Labute approximate surface area is 143 Å². The Bertz CT molecular complexity index is 718. The number of thiazole rings is 1. The summed E-state index contributed by atoms with van der Waals surface area (Å²) in [4.78, 5) is 15.6. The van der Waals surface area contributed by atoms with Crippen LogP contribution in [0.5, 0.6) is 5.75 Å². The number of hydrogen-bond donors (Lipinski definition) is 1. The van der Waals surface area contributed by atoms with E-state index in [0.717, 1.165) is 0 Å². The number of nitrogens with one attached hydrogen (secondary N) is 1. The molecule has 0 fully saturated rings. The Kier molecular flexibility index (Phi) is 6.68. The average Bonchev–Trinajstić information content (AvgIpc) is 2.94. The number of benzene rings is 1. The van der Waals surface area contributed by atoms with Crippen molar-refractivity contribution < 1.29 is 18.7 Å². The third-order valence-corrected chi connectivity index (χ3v) is 3.56. The SMILES string of the molecule is CCOC(=O)Cc1csc(NN=Cc2cc(F)cc(OCC)c2)n1. The highest BCUT2D eigenvalue weighted by atomic mass is 32.1. The molecule has 0 spiro atoms. The van der Waals surface area contributed by atoms with Gasteiger partial charge in [-0.25, -0.2) is 9.37 Å². The lowest BCUT2D eigenvalue weighted by Gasteiger charge is -2.03. The van der Waals surface area contributed by atoms with E-state index in [0.29, 0.717) is 35.4 Å². The Hall–Kier alpha value is -2.48. The maximum atomic E-state index is 13.5. The van der Waals surface area contributed by atoms with Crippen molar-refractivity contribution >= 4 is 28.7 Å². The van der Waals surface area contributed by atoms with E-state index in [2.05, 4.69) is 15.5 Å². The molecule has 128 valence electrons. The van der Waals surface area contributed by atoms with E-state index >= 15 is 0 Å². The predicted octanol–water partition coefficient (Wildman–Crippen LogP) is 3.23. The maximum Gasteiger partial charge on any atom is 0.311 e. The van der Waals surface area contributed by atoms with E-state index < -0.39 is 5.82 Å². The second kappa shape index (κ2) is 8.97. The molecule has 2 rings (SSSR count). The Morgan fingerprint density at radius 2 is 2.21 bits per heavy atom. The minimum atomic E-state index is -0.395. The number of aromatic nitrogens is 1. The molecule has 24 heavy (non-hydrogen) atoms. The predicted molar refractivity (Wildman–Crippen MR) is 91.2 cm³/mol. The first-order valence-electron chi connectivity index (χ1n) is 7.43. The second-order valence-electron chi connectivity index (χ2n) is 4.65. The molecule has 0 bridgehead atoms. The van der Waals surface area contributed by atoms with Crippen molar-refractivity contribution in [1.29, 1.82) is 0 Å². The standard InChI is InChI=1S/C16H18FN3O3S/c1-3-22-14-6-11(5-12(17)7-14)9-18-20-16-19-13(10-24-16)8-15(21)23-4-2/h5-7,9-10H,3-4,8H2,1-2H3,(H,19,20). The van der Waals surface area contributed by atoms with Crippen LogP contribution < -0.4 is 10.2 Å². The van der Waals surface area contributed by atoms with Crippen molar-refractivity contribution in [1.82, 2.24) is 4.98 Å². The highest BCUT2D eigenvalue weighted by molar-refractivity contribution is 7.13. The first-order valence-corrected chi connectivity index (χ1v) is 8.31. The van der Waals surface area contributed by atoms with Crippen molar-refractivity contribution in [3.05, 3.63) is 40.7 Å². The summed E-state index contributed by atoms with van der Waals surface area (Å²) in [5.41, 5.74) is 3.93. The van der Waals surface area contributed by atoms with Gasteiger partial charge in [0.15, 0.2) is 0 Å². The molecule has 6 nitrogen and oxygen atoms in total. The lowest BCUT2D eigenvalue weighted by atomic mass is 10.2. The first kappa shape index (κ1) is 17.9. The van der Waals surface area contributed by atoms with E-state index in [4.69, 9.17) is 9.47 Å². The number of carbonyl (C=O) groups is 1. The van der Waals surface area contributed by atoms with Gasteiger partial charge in [-0.1, -0.05) is 0 Å².